The Balaban J connectivity index is 1.74. The molecule has 0 aliphatic carbocycles. The van der Waals surface area contributed by atoms with Gasteiger partial charge in [0.25, 0.3) is 5.91 Å². The summed E-state index contributed by atoms with van der Waals surface area (Å²) in [6.45, 7) is 3.02. The maximum Gasteiger partial charge on any atom is 0.309 e. The van der Waals surface area contributed by atoms with Crippen molar-refractivity contribution in [3.05, 3.63) is 53.3 Å². The van der Waals surface area contributed by atoms with Gasteiger partial charge in [-0.1, -0.05) is 6.07 Å². The quantitative estimate of drug-likeness (QED) is 0.585. The van der Waals surface area contributed by atoms with Gasteiger partial charge in [0.1, 0.15) is 0 Å². The first kappa shape index (κ1) is 24.5. The number of piperidine rings is 1. The zero-order valence-electron chi connectivity index (χ0n) is 20.5. The molecule has 1 aromatic carbocycles. The van der Waals surface area contributed by atoms with E-state index in [4.69, 9.17) is 14.2 Å². The minimum atomic E-state index is -0.671. The normalized spacial score (nSPS) is 20.3. The summed E-state index contributed by atoms with van der Waals surface area (Å²) in [4.78, 5) is 47.3. The summed E-state index contributed by atoms with van der Waals surface area (Å²) in [5.74, 6) is -0.523. The molecule has 2 amide bonds. The third-order valence-corrected chi connectivity index (χ3v) is 6.89. The lowest BCUT2D eigenvalue weighted by atomic mass is 9.78. The van der Waals surface area contributed by atoms with E-state index in [-0.39, 0.29) is 23.7 Å². The number of esters is 1. The van der Waals surface area contributed by atoms with Crippen molar-refractivity contribution in [2.75, 3.05) is 41.0 Å². The van der Waals surface area contributed by atoms with E-state index >= 15 is 0 Å². The third kappa shape index (κ3) is 4.54. The number of pyridine rings is 1. The van der Waals surface area contributed by atoms with Crippen LogP contribution in [0.15, 0.2) is 36.7 Å². The number of rotatable bonds is 6. The largest absolute Gasteiger partial charge is 0.493 e. The van der Waals surface area contributed by atoms with Crippen LogP contribution in [0, 0.1) is 5.92 Å². The van der Waals surface area contributed by atoms with Gasteiger partial charge in [0.15, 0.2) is 11.5 Å². The lowest BCUT2D eigenvalue weighted by Gasteiger charge is -2.42. The van der Waals surface area contributed by atoms with E-state index in [1.54, 1.807) is 54.4 Å². The Morgan fingerprint density at radius 2 is 1.80 bits per heavy atom. The Labute approximate surface area is 205 Å². The van der Waals surface area contributed by atoms with Gasteiger partial charge in [0.05, 0.1) is 38.7 Å². The molecular formula is C26H31N3O6. The average Bonchev–Trinajstić information content (AvgIpc) is 2.90. The smallest absolute Gasteiger partial charge is 0.309 e. The van der Waals surface area contributed by atoms with Crippen LogP contribution in [0.2, 0.25) is 0 Å². The fourth-order valence-corrected chi connectivity index (χ4v) is 5.07. The number of carbonyl (C=O) groups excluding carboxylic acids is 3. The first-order valence-electron chi connectivity index (χ1n) is 11.8. The highest BCUT2D eigenvalue weighted by Crippen LogP contribution is 2.46. The number of aromatic nitrogens is 1. The molecule has 0 N–H and O–H groups in total. The van der Waals surface area contributed by atoms with Crippen molar-refractivity contribution in [1.82, 2.24) is 14.8 Å². The monoisotopic (exact) mass is 481 g/mol. The van der Waals surface area contributed by atoms with Gasteiger partial charge in [0.2, 0.25) is 5.91 Å². The standard InChI is InChI=1S/C26H31N3O6/c1-5-35-26(32)16-8-11-29(12-9-16)25(31)22-18-13-20(33-3)21(34-4)14-19(18)24(30)28(2)23(22)17-7-6-10-27-15-17/h6-7,10,13-16,22-23H,5,8-9,11-12H2,1-4H3/t22-,23+/m0/s1. The van der Waals surface area contributed by atoms with Crippen molar-refractivity contribution < 1.29 is 28.6 Å². The van der Waals surface area contributed by atoms with Crippen molar-refractivity contribution >= 4 is 17.8 Å². The van der Waals surface area contributed by atoms with E-state index < -0.39 is 12.0 Å². The van der Waals surface area contributed by atoms with E-state index in [0.29, 0.717) is 55.2 Å². The zero-order valence-corrected chi connectivity index (χ0v) is 20.5. The van der Waals surface area contributed by atoms with E-state index in [1.807, 2.05) is 6.07 Å². The predicted molar refractivity (Wildman–Crippen MR) is 127 cm³/mol. The molecule has 1 fully saturated rings. The second-order valence-electron chi connectivity index (χ2n) is 8.77. The maximum atomic E-state index is 14.1. The van der Waals surface area contributed by atoms with Crippen molar-refractivity contribution in [3.8, 4) is 11.5 Å². The van der Waals surface area contributed by atoms with Crippen LogP contribution < -0.4 is 9.47 Å². The topological polar surface area (TPSA) is 98.3 Å². The fourth-order valence-electron chi connectivity index (χ4n) is 5.07. The molecule has 0 saturated carbocycles. The van der Waals surface area contributed by atoms with Crippen LogP contribution in [0.4, 0.5) is 0 Å². The van der Waals surface area contributed by atoms with Gasteiger partial charge in [-0.05, 0) is 49.1 Å². The van der Waals surface area contributed by atoms with E-state index in [2.05, 4.69) is 4.98 Å². The number of carbonyl (C=O) groups is 3. The lowest BCUT2D eigenvalue weighted by Crippen LogP contribution is -2.49. The molecular weight excluding hydrogens is 450 g/mol. The summed E-state index contributed by atoms with van der Waals surface area (Å²) in [6.07, 6.45) is 4.44. The number of methoxy groups -OCH3 is 2. The number of likely N-dealkylation sites (tertiary alicyclic amines) is 1. The van der Waals surface area contributed by atoms with Crippen LogP contribution in [-0.2, 0) is 14.3 Å². The molecule has 0 bridgehead atoms. The van der Waals surface area contributed by atoms with Crippen LogP contribution in [0.25, 0.3) is 0 Å². The Bertz CT molecular complexity index is 1100. The van der Waals surface area contributed by atoms with Crippen molar-refractivity contribution in [2.45, 2.75) is 31.7 Å². The summed E-state index contributed by atoms with van der Waals surface area (Å²) in [7, 11) is 4.74. The highest BCUT2D eigenvalue weighted by Gasteiger charge is 2.45. The van der Waals surface area contributed by atoms with Crippen LogP contribution in [0.1, 0.15) is 53.2 Å². The van der Waals surface area contributed by atoms with Gasteiger partial charge in [-0.25, -0.2) is 0 Å². The molecule has 9 heteroatoms. The van der Waals surface area contributed by atoms with Gasteiger partial charge in [-0.15, -0.1) is 0 Å². The zero-order chi connectivity index (χ0) is 25.1. The summed E-state index contributed by atoms with van der Waals surface area (Å²) in [5, 5.41) is 0. The summed E-state index contributed by atoms with van der Waals surface area (Å²) >= 11 is 0. The number of amides is 2. The summed E-state index contributed by atoms with van der Waals surface area (Å²) in [6, 6.07) is 6.50. The Morgan fingerprint density at radius 1 is 1.11 bits per heavy atom. The van der Waals surface area contributed by atoms with Crippen LogP contribution in [0.3, 0.4) is 0 Å². The molecule has 2 aromatic rings. The van der Waals surface area contributed by atoms with Crippen LogP contribution >= 0.6 is 0 Å². The Morgan fingerprint density at radius 3 is 2.40 bits per heavy atom. The molecule has 2 atom stereocenters. The minimum Gasteiger partial charge on any atom is -0.493 e. The van der Waals surface area contributed by atoms with Gasteiger partial charge in [-0.3, -0.25) is 19.4 Å². The van der Waals surface area contributed by atoms with E-state index in [1.165, 1.54) is 14.2 Å². The average molecular weight is 482 g/mol. The van der Waals surface area contributed by atoms with Crippen molar-refractivity contribution in [1.29, 1.82) is 0 Å². The maximum absolute atomic E-state index is 14.1. The van der Waals surface area contributed by atoms with Crippen LogP contribution in [-0.4, -0.2) is 73.5 Å². The van der Waals surface area contributed by atoms with Gasteiger partial charge in [0, 0.05) is 38.1 Å². The number of hydrogen-bond donors (Lipinski definition) is 0. The Hall–Kier alpha value is -3.62. The number of likely N-dealkylation sites (N-methyl/N-ethyl adjacent to an activating group) is 1. The SMILES string of the molecule is CCOC(=O)C1CCN(C(=O)[C@H]2c3cc(OC)c(OC)cc3C(=O)N(C)[C@@H]2c2cccnc2)CC1. The number of ether oxygens (including phenoxy) is 3. The molecule has 9 nitrogen and oxygen atoms in total. The number of nitrogens with zero attached hydrogens (tertiary/aromatic N) is 3. The van der Waals surface area contributed by atoms with Gasteiger partial charge >= 0.3 is 5.97 Å². The number of hydrogen-bond acceptors (Lipinski definition) is 7. The van der Waals surface area contributed by atoms with Crippen molar-refractivity contribution in [2.24, 2.45) is 5.92 Å². The molecule has 1 saturated heterocycles. The van der Waals surface area contributed by atoms with E-state index in [9.17, 15) is 14.4 Å². The molecule has 0 unspecified atom stereocenters. The van der Waals surface area contributed by atoms with Gasteiger partial charge < -0.3 is 24.0 Å². The number of benzene rings is 1. The fraction of sp³-hybridized carbons (Fsp3) is 0.462. The molecule has 0 spiro atoms. The summed E-state index contributed by atoms with van der Waals surface area (Å²) in [5.41, 5.74) is 1.77. The molecule has 3 heterocycles. The van der Waals surface area contributed by atoms with Crippen molar-refractivity contribution in [3.63, 3.8) is 0 Å². The first-order chi connectivity index (χ1) is 16.9. The molecule has 35 heavy (non-hydrogen) atoms. The number of fused-ring (bicyclic) bond motifs is 1. The van der Waals surface area contributed by atoms with E-state index in [0.717, 1.165) is 5.56 Å². The molecule has 1 aromatic heterocycles. The molecule has 2 aliphatic rings. The second kappa shape index (κ2) is 10.3. The predicted octanol–water partition coefficient (Wildman–Crippen LogP) is 2.81. The summed E-state index contributed by atoms with van der Waals surface area (Å²) < 4.78 is 16.1. The minimum absolute atomic E-state index is 0.103. The highest BCUT2D eigenvalue weighted by molar-refractivity contribution is 6.02. The lowest BCUT2D eigenvalue weighted by molar-refractivity contribution is -0.151. The Kier molecular flexibility index (Phi) is 7.23. The molecule has 186 valence electrons. The second-order valence-corrected chi connectivity index (χ2v) is 8.77. The van der Waals surface area contributed by atoms with Crippen LogP contribution in [0.5, 0.6) is 11.5 Å². The van der Waals surface area contributed by atoms with Gasteiger partial charge in [-0.2, -0.15) is 0 Å². The molecule has 4 rings (SSSR count). The highest BCUT2D eigenvalue weighted by atomic mass is 16.5. The first-order valence-corrected chi connectivity index (χ1v) is 11.8. The molecule has 2 aliphatic heterocycles. The molecule has 0 radical (unpaired) electrons. The third-order valence-electron chi connectivity index (χ3n) is 6.89.